The zero-order valence-electron chi connectivity index (χ0n) is 11.6. The van der Waals surface area contributed by atoms with Crippen molar-refractivity contribution >= 4 is 48.9 Å². The molecule has 0 saturated carbocycles. The zero-order chi connectivity index (χ0) is 15.6. The monoisotopic (exact) mass is 407 g/mol. The Morgan fingerprint density at radius 1 is 1.33 bits per heavy atom. The van der Waals surface area contributed by atoms with Crippen molar-refractivity contribution in [2.75, 3.05) is 0 Å². The minimum atomic E-state index is -3.53. The fourth-order valence-electron chi connectivity index (χ4n) is 1.89. The molecule has 1 heterocycles. The molecule has 0 fully saturated rings. The Hall–Kier alpha value is -0.400. The molecule has 2 aromatic rings. The molecule has 0 aliphatic rings. The lowest BCUT2D eigenvalue weighted by Crippen LogP contribution is -2.27. The van der Waals surface area contributed by atoms with E-state index in [-0.39, 0.29) is 6.04 Å². The third-order valence-electron chi connectivity index (χ3n) is 3.08. The summed E-state index contributed by atoms with van der Waals surface area (Å²) in [5, 5.41) is 0.634. The van der Waals surface area contributed by atoms with E-state index in [4.69, 9.17) is 11.6 Å². The maximum absolute atomic E-state index is 12.5. The van der Waals surface area contributed by atoms with Gasteiger partial charge in [0.2, 0.25) is 0 Å². The van der Waals surface area contributed by atoms with Crippen molar-refractivity contribution in [1.29, 1.82) is 0 Å². The minimum Gasteiger partial charge on any atom is -0.206 e. The number of rotatable bonds is 5. The topological polar surface area (TPSA) is 46.2 Å². The van der Waals surface area contributed by atoms with Gasteiger partial charge in [-0.3, -0.25) is 0 Å². The van der Waals surface area contributed by atoms with Gasteiger partial charge in [0.25, 0.3) is 10.0 Å². The largest absolute Gasteiger partial charge is 0.250 e. The second-order valence-electron chi connectivity index (χ2n) is 4.66. The van der Waals surface area contributed by atoms with Crippen LogP contribution < -0.4 is 4.72 Å². The third kappa shape index (κ3) is 4.07. The molecule has 0 radical (unpaired) electrons. The molecule has 1 unspecified atom stereocenters. The molecular formula is C14H15BrClNO2S2. The van der Waals surface area contributed by atoms with Gasteiger partial charge >= 0.3 is 0 Å². The molecule has 0 amide bonds. The summed E-state index contributed by atoms with van der Waals surface area (Å²) < 4.78 is 28.8. The number of halogens is 2. The van der Waals surface area contributed by atoms with Crippen LogP contribution in [-0.4, -0.2) is 8.42 Å². The Labute approximate surface area is 142 Å². The van der Waals surface area contributed by atoms with Gasteiger partial charge in [0.1, 0.15) is 4.21 Å². The molecule has 0 spiro atoms. The summed E-state index contributed by atoms with van der Waals surface area (Å²) in [5.41, 5.74) is 1.82. The minimum absolute atomic E-state index is 0.270. The Morgan fingerprint density at radius 2 is 1.95 bits per heavy atom. The van der Waals surface area contributed by atoms with Gasteiger partial charge in [0.15, 0.2) is 0 Å². The quantitative estimate of drug-likeness (QED) is 0.764. The summed E-state index contributed by atoms with van der Waals surface area (Å²) in [5.74, 6) is 0. The van der Waals surface area contributed by atoms with Crippen molar-refractivity contribution in [3.63, 3.8) is 0 Å². The predicted molar refractivity (Wildman–Crippen MR) is 91.6 cm³/mol. The number of sulfonamides is 1. The molecule has 0 aliphatic heterocycles. The summed E-state index contributed by atoms with van der Waals surface area (Å²) in [6.45, 7) is 3.81. The number of hydrogen-bond donors (Lipinski definition) is 1. The first-order chi connectivity index (χ1) is 9.83. The van der Waals surface area contributed by atoms with E-state index >= 15 is 0 Å². The SMILES string of the molecule is CCC(NS(=O)(=O)c1cc(C)c(Br)s1)c1ccc(Cl)cc1. The molecule has 3 nitrogen and oxygen atoms in total. The van der Waals surface area contributed by atoms with Crippen LogP contribution in [0.1, 0.15) is 30.5 Å². The average molecular weight is 409 g/mol. The summed E-state index contributed by atoms with van der Waals surface area (Å²) in [7, 11) is -3.53. The molecule has 0 saturated heterocycles. The lowest BCUT2D eigenvalue weighted by Gasteiger charge is -2.17. The van der Waals surface area contributed by atoms with Gasteiger partial charge in [-0.2, -0.15) is 0 Å². The van der Waals surface area contributed by atoms with Gasteiger partial charge in [-0.15, -0.1) is 11.3 Å². The molecule has 114 valence electrons. The summed E-state index contributed by atoms with van der Waals surface area (Å²) in [6.07, 6.45) is 0.659. The highest BCUT2D eigenvalue weighted by Crippen LogP contribution is 2.31. The summed E-state index contributed by atoms with van der Waals surface area (Å²) in [6, 6.07) is 8.61. The van der Waals surface area contributed by atoms with Crippen LogP contribution >= 0.6 is 38.9 Å². The maximum atomic E-state index is 12.5. The maximum Gasteiger partial charge on any atom is 0.250 e. The van der Waals surface area contributed by atoms with Crippen LogP contribution in [0.3, 0.4) is 0 Å². The van der Waals surface area contributed by atoms with E-state index in [1.165, 1.54) is 11.3 Å². The number of benzene rings is 1. The molecule has 7 heteroatoms. The smallest absolute Gasteiger partial charge is 0.206 e. The van der Waals surface area contributed by atoms with E-state index in [9.17, 15) is 8.42 Å². The van der Waals surface area contributed by atoms with Gasteiger partial charge in [0, 0.05) is 11.1 Å². The van der Waals surface area contributed by atoms with Crippen molar-refractivity contribution in [3.05, 3.63) is 50.3 Å². The highest BCUT2D eigenvalue weighted by atomic mass is 79.9. The van der Waals surface area contributed by atoms with E-state index in [1.807, 2.05) is 26.0 Å². The first-order valence-corrected chi connectivity index (χ1v) is 9.84. The van der Waals surface area contributed by atoms with E-state index in [0.29, 0.717) is 15.7 Å². The van der Waals surface area contributed by atoms with Crippen LogP contribution in [0.15, 0.2) is 38.3 Å². The average Bonchev–Trinajstić information content (AvgIpc) is 2.78. The number of nitrogens with one attached hydrogen (secondary N) is 1. The van der Waals surface area contributed by atoms with Crippen LogP contribution in [-0.2, 0) is 10.0 Å². The van der Waals surface area contributed by atoms with Crippen molar-refractivity contribution in [2.24, 2.45) is 0 Å². The van der Waals surface area contributed by atoms with Gasteiger partial charge < -0.3 is 0 Å². The number of thiophene rings is 1. The standard InChI is InChI=1S/C14H15BrClNO2S2/c1-3-12(10-4-6-11(16)7-5-10)17-21(18,19)13-8-9(2)14(15)20-13/h4-8,12,17H,3H2,1-2H3. The number of hydrogen-bond acceptors (Lipinski definition) is 3. The molecular weight excluding hydrogens is 394 g/mol. The molecule has 21 heavy (non-hydrogen) atoms. The predicted octanol–water partition coefficient (Wildman–Crippen LogP) is 4.90. The molecule has 1 aromatic heterocycles. The normalized spacial score (nSPS) is 13.3. The number of aryl methyl sites for hydroxylation is 1. The van der Waals surface area contributed by atoms with Gasteiger partial charge in [-0.25, -0.2) is 13.1 Å². The highest BCUT2D eigenvalue weighted by molar-refractivity contribution is 9.11. The first kappa shape index (κ1) is 17.0. The van der Waals surface area contributed by atoms with Crippen molar-refractivity contribution < 1.29 is 8.42 Å². The van der Waals surface area contributed by atoms with Crippen LogP contribution in [0, 0.1) is 6.92 Å². The zero-order valence-corrected chi connectivity index (χ0v) is 15.5. The third-order valence-corrected chi connectivity index (χ3v) is 7.41. The Bertz CT molecular complexity index is 706. The Balaban J connectivity index is 2.27. The van der Waals surface area contributed by atoms with Gasteiger partial charge in [-0.1, -0.05) is 30.7 Å². The van der Waals surface area contributed by atoms with Crippen molar-refractivity contribution in [3.8, 4) is 0 Å². The van der Waals surface area contributed by atoms with E-state index in [0.717, 1.165) is 14.9 Å². The molecule has 0 aliphatic carbocycles. The van der Waals surface area contributed by atoms with Crippen molar-refractivity contribution in [1.82, 2.24) is 4.72 Å². The molecule has 1 atom stereocenters. The summed E-state index contributed by atoms with van der Waals surface area (Å²) >= 11 is 10.4. The molecule has 1 N–H and O–H groups in total. The van der Waals surface area contributed by atoms with Crippen LogP contribution in [0.25, 0.3) is 0 Å². The van der Waals surface area contributed by atoms with Crippen molar-refractivity contribution in [2.45, 2.75) is 30.5 Å². The molecule has 0 bridgehead atoms. The molecule has 1 aromatic carbocycles. The van der Waals surface area contributed by atoms with E-state index in [2.05, 4.69) is 20.7 Å². The Kier molecular flexibility index (Phi) is 5.48. The Morgan fingerprint density at radius 3 is 2.43 bits per heavy atom. The van der Waals surface area contributed by atoms with Crippen LogP contribution in [0.2, 0.25) is 5.02 Å². The van der Waals surface area contributed by atoms with E-state index < -0.39 is 10.0 Å². The lowest BCUT2D eigenvalue weighted by atomic mass is 10.1. The highest BCUT2D eigenvalue weighted by Gasteiger charge is 2.22. The fourth-order valence-corrected chi connectivity index (χ4v) is 5.57. The lowest BCUT2D eigenvalue weighted by molar-refractivity contribution is 0.552. The van der Waals surface area contributed by atoms with Crippen LogP contribution in [0.4, 0.5) is 0 Å². The fraction of sp³-hybridized carbons (Fsp3) is 0.286. The first-order valence-electron chi connectivity index (χ1n) is 6.37. The van der Waals surface area contributed by atoms with Gasteiger partial charge in [0.05, 0.1) is 3.79 Å². The van der Waals surface area contributed by atoms with Crippen LogP contribution in [0.5, 0.6) is 0 Å². The van der Waals surface area contributed by atoms with Gasteiger partial charge in [-0.05, 0) is 58.6 Å². The summed E-state index contributed by atoms with van der Waals surface area (Å²) in [4.78, 5) is 0. The second-order valence-corrected chi connectivity index (χ2v) is 9.40. The second kappa shape index (κ2) is 6.79. The van der Waals surface area contributed by atoms with E-state index in [1.54, 1.807) is 18.2 Å². The molecule has 2 rings (SSSR count).